The minimum absolute atomic E-state index is 0.0418. The standard InChI is InChI=1S/C25H33Cl2N3O4S/c1-6-11-28-25(32)23(7-2)29(15-20-21(26)9-8-10-22(20)27)24(31)16-30(35(5,33)34)19-13-17(3)12-18(4)14-19/h8-10,12-14,23H,6-7,11,15-16H2,1-5H3,(H,28,32)/t23-/m1/s1. The number of sulfonamides is 1. The third kappa shape index (κ3) is 7.85. The zero-order valence-corrected chi connectivity index (χ0v) is 23.1. The molecule has 0 spiro atoms. The van der Waals surface area contributed by atoms with E-state index in [1.165, 1.54) is 4.90 Å². The molecule has 0 bridgehead atoms. The van der Waals surface area contributed by atoms with Gasteiger partial charge in [-0.05, 0) is 62.1 Å². The fraction of sp³-hybridized carbons (Fsp3) is 0.440. The number of nitrogens with zero attached hydrogens (tertiary/aromatic N) is 2. The van der Waals surface area contributed by atoms with E-state index in [0.29, 0.717) is 34.3 Å². The maximum absolute atomic E-state index is 13.7. The predicted octanol–water partition coefficient (Wildman–Crippen LogP) is 4.71. The molecular weight excluding hydrogens is 509 g/mol. The SMILES string of the molecule is CCCNC(=O)[C@@H](CC)N(Cc1c(Cl)cccc1Cl)C(=O)CN(c1cc(C)cc(C)c1)S(C)(=O)=O. The third-order valence-electron chi connectivity index (χ3n) is 5.50. The van der Waals surface area contributed by atoms with E-state index in [-0.39, 0.29) is 12.5 Å². The highest BCUT2D eigenvalue weighted by Crippen LogP contribution is 2.28. The Morgan fingerprint density at radius 1 is 1.03 bits per heavy atom. The summed E-state index contributed by atoms with van der Waals surface area (Å²) in [5.74, 6) is -0.854. The van der Waals surface area contributed by atoms with Crippen molar-refractivity contribution in [3.63, 3.8) is 0 Å². The van der Waals surface area contributed by atoms with Gasteiger partial charge >= 0.3 is 0 Å². The summed E-state index contributed by atoms with van der Waals surface area (Å²) in [4.78, 5) is 28.0. The van der Waals surface area contributed by atoms with Gasteiger partial charge in [-0.25, -0.2) is 8.42 Å². The maximum Gasteiger partial charge on any atom is 0.244 e. The lowest BCUT2D eigenvalue weighted by atomic mass is 10.1. The third-order valence-corrected chi connectivity index (χ3v) is 7.35. The number of hydrogen-bond donors (Lipinski definition) is 1. The molecule has 0 saturated carbocycles. The van der Waals surface area contributed by atoms with Crippen LogP contribution in [0, 0.1) is 13.8 Å². The van der Waals surface area contributed by atoms with E-state index in [9.17, 15) is 18.0 Å². The van der Waals surface area contributed by atoms with Gasteiger partial charge in [-0.2, -0.15) is 0 Å². The highest BCUT2D eigenvalue weighted by Gasteiger charge is 2.32. The smallest absolute Gasteiger partial charge is 0.244 e. The van der Waals surface area contributed by atoms with E-state index >= 15 is 0 Å². The fourth-order valence-corrected chi connectivity index (χ4v) is 5.20. The first kappa shape index (κ1) is 28.9. The minimum atomic E-state index is -3.80. The molecule has 1 atom stereocenters. The minimum Gasteiger partial charge on any atom is -0.354 e. The normalized spacial score (nSPS) is 12.2. The Kier molecular flexibility index (Phi) is 10.4. The molecule has 0 fully saturated rings. The van der Waals surface area contributed by atoms with E-state index in [1.807, 2.05) is 26.8 Å². The molecule has 7 nitrogen and oxygen atoms in total. The second kappa shape index (κ2) is 12.6. The first-order valence-electron chi connectivity index (χ1n) is 11.4. The second-order valence-corrected chi connectivity index (χ2v) is 11.3. The van der Waals surface area contributed by atoms with Crippen molar-refractivity contribution in [3.05, 3.63) is 63.1 Å². The molecule has 2 rings (SSSR count). The van der Waals surface area contributed by atoms with Gasteiger partial charge in [0.05, 0.1) is 11.9 Å². The predicted molar refractivity (Wildman–Crippen MR) is 142 cm³/mol. The number of halogens is 2. The van der Waals surface area contributed by atoms with Crippen molar-refractivity contribution in [2.24, 2.45) is 0 Å². The zero-order valence-electron chi connectivity index (χ0n) is 20.8. The molecule has 0 aliphatic heterocycles. The summed E-state index contributed by atoms with van der Waals surface area (Å²) in [6.07, 6.45) is 2.12. The van der Waals surface area contributed by atoms with Crippen LogP contribution in [0.4, 0.5) is 5.69 Å². The van der Waals surface area contributed by atoms with Crippen LogP contribution in [-0.4, -0.2) is 50.5 Å². The van der Waals surface area contributed by atoms with E-state index in [2.05, 4.69) is 5.32 Å². The van der Waals surface area contributed by atoms with E-state index in [0.717, 1.165) is 28.1 Å². The lowest BCUT2D eigenvalue weighted by Gasteiger charge is -2.33. The summed E-state index contributed by atoms with van der Waals surface area (Å²) in [5, 5.41) is 3.54. The average Bonchev–Trinajstić information content (AvgIpc) is 2.76. The van der Waals surface area contributed by atoms with Gasteiger partial charge in [0, 0.05) is 28.7 Å². The number of hydrogen-bond acceptors (Lipinski definition) is 4. The van der Waals surface area contributed by atoms with Gasteiger partial charge in [0.2, 0.25) is 21.8 Å². The van der Waals surface area contributed by atoms with E-state index in [1.54, 1.807) is 37.3 Å². The van der Waals surface area contributed by atoms with Crippen LogP contribution >= 0.6 is 23.2 Å². The lowest BCUT2D eigenvalue weighted by Crippen LogP contribution is -2.52. The molecule has 0 aromatic heterocycles. The second-order valence-electron chi connectivity index (χ2n) is 8.55. The number of rotatable bonds is 11. The monoisotopic (exact) mass is 541 g/mol. The Balaban J connectivity index is 2.52. The van der Waals surface area contributed by atoms with Gasteiger partial charge in [-0.1, -0.05) is 49.2 Å². The number of anilines is 1. The molecule has 2 aromatic rings. The quantitative estimate of drug-likeness (QED) is 0.446. The molecule has 192 valence electrons. The molecule has 10 heteroatoms. The largest absolute Gasteiger partial charge is 0.354 e. The summed E-state index contributed by atoms with van der Waals surface area (Å²) in [5.41, 5.74) is 2.61. The van der Waals surface area contributed by atoms with Crippen molar-refractivity contribution < 1.29 is 18.0 Å². The van der Waals surface area contributed by atoms with Crippen LogP contribution in [0.2, 0.25) is 10.0 Å². The van der Waals surface area contributed by atoms with Gasteiger partial charge in [0.15, 0.2) is 0 Å². The molecule has 0 heterocycles. The number of benzene rings is 2. The Labute approximate surface area is 218 Å². The van der Waals surface area contributed by atoms with Crippen LogP contribution in [0.25, 0.3) is 0 Å². The maximum atomic E-state index is 13.7. The van der Waals surface area contributed by atoms with Crippen LogP contribution in [0.3, 0.4) is 0 Å². The summed E-state index contributed by atoms with van der Waals surface area (Å²) < 4.78 is 26.5. The number of amides is 2. The molecule has 2 amide bonds. The fourth-order valence-electron chi connectivity index (χ4n) is 3.85. The summed E-state index contributed by atoms with van der Waals surface area (Å²) in [6.45, 7) is 7.39. The molecule has 2 aromatic carbocycles. The number of carbonyl (C=O) groups excluding carboxylic acids is 2. The van der Waals surface area contributed by atoms with Gasteiger partial charge in [0.25, 0.3) is 0 Å². The highest BCUT2D eigenvalue weighted by molar-refractivity contribution is 7.92. The number of nitrogens with one attached hydrogen (secondary N) is 1. The molecule has 35 heavy (non-hydrogen) atoms. The summed E-state index contributed by atoms with van der Waals surface area (Å²) >= 11 is 12.7. The molecule has 1 N–H and O–H groups in total. The summed E-state index contributed by atoms with van der Waals surface area (Å²) in [7, 11) is -3.80. The zero-order chi connectivity index (χ0) is 26.3. The van der Waals surface area contributed by atoms with E-state index < -0.39 is 28.5 Å². The lowest BCUT2D eigenvalue weighted by molar-refractivity contribution is -0.140. The van der Waals surface area contributed by atoms with Gasteiger partial charge < -0.3 is 10.2 Å². The molecule has 0 saturated heterocycles. The number of aryl methyl sites for hydroxylation is 2. The Bertz CT molecular complexity index is 1130. The molecule has 0 aliphatic rings. The van der Waals surface area contributed by atoms with Crippen LogP contribution in [0.1, 0.15) is 43.4 Å². The van der Waals surface area contributed by atoms with Crippen LogP contribution < -0.4 is 9.62 Å². The van der Waals surface area contributed by atoms with Crippen LogP contribution in [0.15, 0.2) is 36.4 Å². The van der Waals surface area contributed by atoms with Crippen LogP contribution in [-0.2, 0) is 26.2 Å². The van der Waals surface area contributed by atoms with Crippen molar-refractivity contribution in [1.82, 2.24) is 10.2 Å². The van der Waals surface area contributed by atoms with Crippen molar-refractivity contribution in [2.45, 2.75) is 53.1 Å². The molecule has 0 radical (unpaired) electrons. The summed E-state index contributed by atoms with van der Waals surface area (Å²) in [6, 6.07) is 9.51. The molecule has 0 aliphatic carbocycles. The Hall–Kier alpha value is -2.29. The van der Waals surface area contributed by atoms with Gasteiger partial charge in [-0.15, -0.1) is 0 Å². The highest BCUT2D eigenvalue weighted by atomic mass is 35.5. The first-order valence-corrected chi connectivity index (χ1v) is 14.1. The molecule has 0 unspecified atom stereocenters. The Morgan fingerprint density at radius 2 is 1.60 bits per heavy atom. The van der Waals surface area contributed by atoms with Crippen molar-refractivity contribution in [1.29, 1.82) is 0 Å². The van der Waals surface area contributed by atoms with Crippen molar-refractivity contribution in [2.75, 3.05) is 23.7 Å². The first-order chi connectivity index (χ1) is 16.4. The van der Waals surface area contributed by atoms with Crippen molar-refractivity contribution in [3.8, 4) is 0 Å². The van der Waals surface area contributed by atoms with Gasteiger partial charge in [0.1, 0.15) is 12.6 Å². The topological polar surface area (TPSA) is 86.8 Å². The number of carbonyl (C=O) groups is 2. The van der Waals surface area contributed by atoms with Gasteiger partial charge in [-0.3, -0.25) is 13.9 Å². The van der Waals surface area contributed by atoms with E-state index in [4.69, 9.17) is 23.2 Å². The average molecular weight is 543 g/mol. The van der Waals surface area contributed by atoms with Crippen LogP contribution in [0.5, 0.6) is 0 Å². The Morgan fingerprint density at radius 3 is 2.09 bits per heavy atom. The molecular formula is C25H33Cl2N3O4S. The van der Waals surface area contributed by atoms with Crippen molar-refractivity contribution >= 4 is 50.7 Å².